The van der Waals surface area contributed by atoms with Crippen LogP contribution in [0.2, 0.25) is 0 Å². The first-order chi connectivity index (χ1) is 11.4. The molecule has 0 heterocycles. The second-order valence-corrected chi connectivity index (χ2v) is 5.97. The molecule has 0 atom stereocenters. The predicted molar refractivity (Wildman–Crippen MR) is 96.2 cm³/mol. The predicted octanol–water partition coefficient (Wildman–Crippen LogP) is 3.33. The number of amides is 3. The molecule has 24 heavy (non-hydrogen) atoms. The number of rotatable bonds is 4. The number of carbonyl (C=O) groups excluding carboxylic acids is 2. The van der Waals surface area contributed by atoms with Crippen LogP contribution >= 0.6 is 0 Å². The fourth-order valence-electron chi connectivity index (χ4n) is 2.44. The lowest BCUT2D eigenvalue weighted by atomic mass is 10.0. The Morgan fingerprint density at radius 2 is 1.62 bits per heavy atom. The molecule has 5 nitrogen and oxygen atoms in total. The van der Waals surface area contributed by atoms with E-state index in [1.807, 2.05) is 56.3 Å². The fourth-order valence-corrected chi connectivity index (χ4v) is 2.44. The van der Waals surface area contributed by atoms with E-state index < -0.39 is 0 Å². The first-order valence-corrected chi connectivity index (χ1v) is 7.80. The minimum absolute atomic E-state index is 0.0895. The molecule has 0 bridgehead atoms. The van der Waals surface area contributed by atoms with Crippen LogP contribution in [0.3, 0.4) is 0 Å². The van der Waals surface area contributed by atoms with E-state index in [1.54, 1.807) is 14.1 Å². The molecule has 0 aromatic heterocycles. The summed E-state index contributed by atoms with van der Waals surface area (Å²) >= 11 is 0. The highest BCUT2D eigenvalue weighted by Crippen LogP contribution is 2.14. The van der Waals surface area contributed by atoms with Gasteiger partial charge >= 0.3 is 6.03 Å². The third-order valence-corrected chi connectivity index (χ3v) is 3.75. The Morgan fingerprint density at radius 1 is 1.00 bits per heavy atom. The lowest BCUT2D eigenvalue weighted by Gasteiger charge is -2.13. The monoisotopic (exact) mass is 325 g/mol. The second-order valence-electron chi connectivity index (χ2n) is 5.97. The van der Waals surface area contributed by atoms with Gasteiger partial charge in [-0.2, -0.15) is 0 Å². The Hall–Kier alpha value is -2.82. The highest BCUT2D eigenvalue weighted by Gasteiger charge is 2.11. The number of hydrogen-bond acceptors (Lipinski definition) is 2. The molecule has 0 aliphatic rings. The molecule has 0 saturated carbocycles. The maximum atomic E-state index is 12.4. The van der Waals surface area contributed by atoms with Gasteiger partial charge in [0.2, 0.25) is 0 Å². The molecular weight excluding hydrogens is 302 g/mol. The maximum Gasteiger partial charge on any atom is 0.321 e. The minimum atomic E-state index is -0.188. The number of hydrogen-bond donors (Lipinski definition) is 2. The van der Waals surface area contributed by atoms with Crippen molar-refractivity contribution in [1.29, 1.82) is 0 Å². The molecule has 0 spiro atoms. The number of nitrogens with one attached hydrogen (secondary N) is 2. The van der Waals surface area contributed by atoms with Crippen molar-refractivity contribution >= 4 is 17.6 Å². The largest absolute Gasteiger partial charge is 0.348 e. The summed E-state index contributed by atoms with van der Waals surface area (Å²) in [6, 6.07) is 13.1. The Morgan fingerprint density at radius 3 is 2.25 bits per heavy atom. The van der Waals surface area contributed by atoms with E-state index in [4.69, 9.17) is 0 Å². The van der Waals surface area contributed by atoms with Gasteiger partial charge in [-0.3, -0.25) is 4.79 Å². The molecule has 3 amide bonds. The average molecular weight is 325 g/mol. The Balaban J connectivity index is 2.04. The number of anilines is 1. The van der Waals surface area contributed by atoms with Gasteiger partial charge in [0.1, 0.15) is 0 Å². The number of benzene rings is 2. The SMILES string of the molecule is Cc1cccc(C)c1C(=O)NCc1cccc(NC(=O)N(C)C)c1. The van der Waals surface area contributed by atoms with Crippen LogP contribution < -0.4 is 10.6 Å². The van der Waals surface area contributed by atoms with E-state index in [2.05, 4.69) is 10.6 Å². The molecule has 2 aromatic carbocycles. The highest BCUT2D eigenvalue weighted by atomic mass is 16.2. The lowest BCUT2D eigenvalue weighted by Crippen LogP contribution is -2.27. The summed E-state index contributed by atoms with van der Waals surface area (Å²) in [4.78, 5) is 25.6. The average Bonchev–Trinajstić information content (AvgIpc) is 2.53. The third-order valence-electron chi connectivity index (χ3n) is 3.75. The van der Waals surface area contributed by atoms with Crippen molar-refractivity contribution in [3.05, 3.63) is 64.7 Å². The van der Waals surface area contributed by atoms with Gasteiger partial charge in [-0.05, 0) is 42.7 Å². The van der Waals surface area contributed by atoms with E-state index in [0.717, 1.165) is 22.3 Å². The van der Waals surface area contributed by atoms with Crippen LogP contribution in [0.15, 0.2) is 42.5 Å². The molecule has 0 saturated heterocycles. The fraction of sp³-hybridized carbons (Fsp3) is 0.263. The van der Waals surface area contributed by atoms with Crippen LogP contribution in [-0.4, -0.2) is 30.9 Å². The standard InChI is InChI=1S/C19H23N3O2/c1-13-7-5-8-14(2)17(13)18(23)20-12-15-9-6-10-16(11-15)21-19(24)22(3)4/h5-11H,12H2,1-4H3,(H,20,23)(H,21,24). The van der Waals surface area contributed by atoms with E-state index in [1.165, 1.54) is 4.90 Å². The van der Waals surface area contributed by atoms with Gasteiger partial charge in [-0.15, -0.1) is 0 Å². The molecule has 0 unspecified atom stereocenters. The van der Waals surface area contributed by atoms with E-state index in [0.29, 0.717) is 12.2 Å². The topological polar surface area (TPSA) is 61.4 Å². The van der Waals surface area contributed by atoms with Crippen LogP contribution in [0.5, 0.6) is 0 Å². The van der Waals surface area contributed by atoms with E-state index >= 15 is 0 Å². The highest BCUT2D eigenvalue weighted by molar-refractivity contribution is 5.97. The molecule has 5 heteroatoms. The van der Waals surface area contributed by atoms with Gasteiger partial charge in [-0.1, -0.05) is 30.3 Å². The van der Waals surface area contributed by atoms with Gasteiger partial charge in [0.05, 0.1) is 0 Å². The van der Waals surface area contributed by atoms with Crippen LogP contribution in [0.25, 0.3) is 0 Å². The molecule has 126 valence electrons. The number of urea groups is 1. The molecule has 2 rings (SSSR count). The van der Waals surface area contributed by atoms with Gasteiger partial charge in [0, 0.05) is 31.9 Å². The normalized spacial score (nSPS) is 10.2. The summed E-state index contributed by atoms with van der Waals surface area (Å²) < 4.78 is 0. The molecule has 0 aliphatic heterocycles. The first-order valence-electron chi connectivity index (χ1n) is 7.80. The summed E-state index contributed by atoms with van der Waals surface area (Å²) in [7, 11) is 3.37. The van der Waals surface area contributed by atoms with Crippen LogP contribution in [0, 0.1) is 13.8 Å². The van der Waals surface area contributed by atoms with Gasteiger partial charge < -0.3 is 15.5 Å². The zero-order valence-electron chi connectivity index (χ0n) is 14.5. The smallest absolute Gasteiger partial charge is 0.321 e. The Kier molecular flexibility index (Phi) is 5.58. The summed E-state index contributed by atoms with van der Waals surface area (Å²) in [6.07, 6.45) is 0. The molecule has 0 fully saturated rings. The third kappa shape index (κ3) is 4.35. The second kappa shape index (κ2) is 7.64. The van der Waals surface area contributed by atoms with Crippen molar-refractivity contribution in [2.75, 3.05) is 19.4 Å². The van der Waals surface area contributed by atoms with Crippen molar-refractivity contribution < 1.29 is 9.59 Å². The lowest BCUT2D eigenvalue weighted by molar-refractivity contribution is 0.0949. The number of nitrogens with zero attached hydrogens (tertiary/aromatic N) is 1. The minimum Gasteiger partial charge on any atom is -0.348 e. The van der Waals surface area contributed by atoms with Crippen molar-refractivity contribution in [3.8, 4) is 0 Å². The van der Waals surface area contributed by atoms with Crippen molar-refractivity contribution in [3.63, 3.8) is 0 Å². The van der Waals surface area contributed by atoms with Crippen molar-refractivity contribution in [2.45, 2.75) is 20.4 Å². The summed E-state index contributed by atoms with van der Waals surface area (Å²) in [5.74, 6) is -0.0895. The van der Waals surface area contributed by atoms with Crippen LogP contribution in [0.1, 0.15) is 27.0 Å². The summed E-state index contributed by atoms with van der Waals surface area (Å²) in [6.45, 7) is 4.26. The van der Waals surface area contributed by atoms with Crippen LogP contribution in [-0.2, 0) is 6.54 Å². The quantitative estimate of drug-likeness (QED) is 0.906. The molecular formula is C19H23N3O2. The van der Waals surface area contributed by atoms with Gasteiger partial charge in [-0.25, -0.2) is 4.79 Å². The van der Waals surface area contributed by atoms with Crippen molar-refractivity contribution in [2.24, 2.45) is 0 Å². The summed E-state index contributed by atoms with van der Waals surface area (Å²) in [5, 5.41) is 5.73. The van der Waals surface area contributed by atoms with Gasteiger partial charge in [0.15, 0.2) is 0 Å². The van der Waals surface area contributed by atoms with E-state index in [9.17, 15) is 9.59 Å². The molecule has 2 N–H and O–H groups in total. The van der Waals surface area contributed by atoms with Crippen LogP contribution in [0.4, 0.5) is 10.5 Å². The molecule has 2 aromatic rings. The maximum absolute atomic E-state index is 12.4. The molecule has 0 radical (unpaired) electrons. The Labute approximate surface area is 142 Å². The van der Waals surface area contributed by atoms with Crippen molar-refractivity contribution in [1.82, 2.24) is 10.2 Å². The summed E-state index contributed by atoms with van der Waals surface area (Å²) in [5.41, 5.74) is 4.26. The number of aryl methyl sites for hydroxylation is 2. The Bertz CT molecular complexity index is 734. The zero-order chi connectivity index (χ0) is 17.7. The zero-order valence-corrected chi connectivity index (χ0v) is 14.5. The molecule has 0 aliphatic carbocycles. The van der Waals surface area contributed by atoms with Gasteiger partial charge in [0.25, 0.3) is 5.91 Å². The first kappa shape index (κ1) is 17.5. The van der Waals surface area contributed by atoms with E-state index in [-0.39, 0.29) is 11.9 Å². The number of carbonyl (C=O) groups is 2.